The van der Waals surface area contributed by atoms with E-state index in [2.05, 4.69) is 15.9 Å². The summed E-state index contributed by atoms with van der Waals surface area (Å²) in [6.45, 7) is 0.808. The van der Waals surface area contributed by atoms with Gasteiger partial charge >= 0.3 is 0 Å². The van der Waals surface area contributed by atoms with E-state index in [9.17, 15) is 8.42 Å². The maximum Gasteiger partial charge on any atom is 0.300 e. The molecular weight excluding hydrogens is 318 g/mol. The zero-order valence-corrected chi connectivity index (χ0v) is 11.3. The summed E-state index contributed by atoms with van der Waals surface area (Å²) in [6.07, 6.45) is 0. The zero-order valence-electron chi connectivity index (χ0n) is 8.19. The van der Waals surface area contributed by atoms with Gasteiger partial charge in [-0.3, -0.25) is 0 Å². The number of hydrogen-bond acceptors (Lipinski definition) is 3. The number of halogens is 2. The van der Waals surface area contributed by atoms with Gasteiger partial charge in [0.15, 0.2) is 0 Å². The van der Waals surface area contributed by atoms with Gasteiger partial charge in [-0.25, -0.2) is 0 Å². The van der Waals surface area contributed by atoms with Gasteiger partial charge in [-0.05, 0) is 12.1 Å². The molecule has 0 aliphatic carbocycles. The number of nitrogens with zero attached hydrogens (tertiary/aromatic N) is 1. The second-order valence-corrected chi connectivity index (χ2v) is 6.80. The summed E-state index contributed by atoms with van der Waals surface area (Å²) in [6, 6.07) is 5.48. The SMILES string of the molecule is O=S(=O)(Cl)N1CCOc2cc(Br)ccc2C1. The van der Waals surface area contributed by atoms with Crippen molar-refractivity contribution in [3.8, 4) is 5.75 Å². The highest BCUT2D eigenvalue weighted by atomic mass is 79.9. The van der Waals surface area contributed by atoms with Gasteiger partial charge < -0.3 is 4.74 Å². The van der Waals surface area contributed by atoms with Crippen LogP contribution in [0.1, 0.15) is 5.56 Å². The van der Waals surface area contributed by atoms with Crippen LogP contribution in [-0.4, -0.2) is 25.9 Å². The third-order valence-corrected chi connectivity index (χ3v) is 4.29. The summed E-state index contributed by atoms with van der Waals surface area (Å²) in [5.41, 5.74) is 0.810. The van der Waals surface area contributed by atoms with Crippen molar-refractivity contribution in [2.24, 2.45) is 0 Å². The Morgan fingerprint density at radius 3 is 2.88 bits per heavy atom. The normalized spacial score (nSPS) is 17.4. The minimum atomic E-state index is -3.69. The van der Waals surface area contributed by atoms with Crippen LogP contribution in [-0.2, 0) is 15.8 Å². The van der Waals surface area contributed by atoms with Gasteiger partial charge in [-0.15, -0.1) is 0 Å². The van der Waals surface area contributed by atoms with Gasteiger partial charge in [-0.2, -0.15) is 12.7 Å². The molecule has 0 aromatic heterocycles. The zero-order chi connectivity index (χ0) is 11.8. The fourth-order valence-electron chi connectivity index (χ4n) is 1.51. The molecule has 7 heteroatoms. The lowest BCUT2D eigenvalue weighted by Crippen LogP contribution is -2.28. The van der Waals surface area contributed by atoms with Gasteiger partial charge in [0, 0.05) is 33.8 Å². The Labute approximate surface area is 107 Å². The Kier molecular flexibility index (Phi) is 3.44. The fourth-order valence-corrected chi connectivity index (χ4v) is 2.79. The molecule has 0 bridgehead atoms. The third kappa shape index (κ3) is 2.68. The standard InChI is InChI=1S/C9H9BrClNO3S/c10-8-2-1-7-6-12(16(11,13)14)3-4-15-9(7)5-8/h1-2,5H,3-4,6H2. The van der Waals surface area contributed by atoms with E-state index in [-0.39, 0.29) is 13.1 Å². The first-order chi connectivity index (χ1) is 7.47. The number of rotatable bonds is 1. The van der Waals surface area contributed by atoms with Crippen molar-refractivity contribution in [1.29, 1.82) is 0 Å². The first-order valence-electron chi connectivity index (χ1n) is 4.58. The molecule has 88 valence electrons. The second-order valence-electron chi connectivity index (χ2n) is 3.38. The van der Waals surface area contributed by atoms with Crippen molar-refractivity contribution in [3.05, 3.63) is 28.2 Å². The minimum Gasteiger partial charge on any atom is -0.492 e. The molecule has 0 amide bonds. The summed E-state index contributed by atoms with van der Waals surface area (Å²) in [7, 11) is 1.63. The number of ether oxygens (including phenoxy) is 1. The van der Waals surface area contributed by atoms with E-state index >= 15 is 0 Å². The Morgan fingerprint density at radius 2 is 2.19 bits per heavy atom. The average Bonchev–Trinajstić information content (AvgIpc) is 2.38. The fraction of sp³-hybridized carbons (Fsp3) is 0.333. The highest BCUT2D eigenvalue weighted by Crippen LogP contribution is 2.28. The molecule has 0 N–H and O–H groups in total. The molecule has 0 saturated heterocycles. The average molecular weight is 327 g/mol. The van der Waals surface area contributed by atoms with Crippen LogP contribution in [0.15, 0.2) is 22.7 Å². The van der Waals surface area contributed by atoms with Crippen LogP contribution in [0.3, 0.4) is 0 Å². The van der Waals surface area contributed by atoms with Crippen LogP contribution in [0.2, 0.25) is 0 Å². The van der Waals surface area contributed by atoms with Crippen LogP contribution in [0.25, 0.3) is 0 Å². The Bertz CT molecular complexity index is 505. The van der Waals surface area contributed by atoms with E-state index in [0.717, 1.165) is 10.0 Å². The number of benzene rings is 1. The molecular formula is C9H9BrClNO3S. The molecule has 2 rings (SSSR count). The Balaban J connectivity index is 2.35. The first-order valence-corrected chi connectivity index (χ1v) is 7.64. The molecule has 0 atom stereocenters. The molecule has 4 nitrogen and oxygen atoms in total. The monoisotopic (exact) mass is 325 g/mol. The van der Waals surface area contributed by atoms with Crippen molar-refractivity contribution in [2.75, 3.05) is 13.2 Å². The molecule has 1 aromatic rings. The van der Waals surface area contributed by atoms with Gasteiger partial charge in [0.2, 0.25) is 0 Å². The van der Waals surface area contributed by atoms with Gasteiger partial charge in [0.05, 0.1) is 0 Å². The molecule has 1 aromatic carbocycles. The maximum atomic E-state index is 11.2. The largest absolute Gasteiger partial charge is 0.492 e. The summed E-state index contributed by atoms with van der Waals surface area (Å²) < 4.78 is 30.0. The minimum absolute atomic E-state index is 0.244. The van der Waals surface area contributed by atoms with Crippen molar-refractivity contribution in [3.63, 3.8) is 0 Å². The van der Waals surface area contributed by atoms with Crippen molar-refractivity contribution < 1.29 is 13.2 Å². The second kappa shape index (κ2) is 4.52. The molecule has 0 unspecified atom stereocenters. The van der Waals surface area contributed by atoms with E-state index in [4.69, 9.17) is 15.4 Å². The van der Waals surface area contributed by atoms with E-state index < -0.39 is 9.24 Å². The van der Waals surface area contributed by atoms with E-state index in [1.165, 1.54) is 4.31 Å². The molecule has 0 radical (unpaired) electrons. The molecule has 0 saturated carbocycles. The number of fused-ring (bicyclic) bond motifs is 1. The Morgan fingerprint density at radius 1 is 1.44 bits per heavy atom. The topological polar surface area (TPSA) is 46.6 Å². The predicted octanol–water partition coefficient (Wildman–Crippen LogP) is 2.13. The summed E-state index contributed by atoms with van der Waals surface area (Å²) in [4.78, 5) is 0. The highest BCUT2D eigenvalue weighted by Gasteiger charge is 2.23. The lowest BCUT2D eigenvalue weighted by molar-refractivity contribution is 0.295. The van der Waals surface area contributed by atoms with Crippen LogP contribution < -0.4 is 4.74 Å². The summed E-state index contributed by atoms with van der Waals surface area (Å²) >= 11 is 3.33. The van der Waals surface area contributed by atoms with Crippen molar-refractivity contribution in [2.45, 2.75) is 6.54 Å². The highest BCUT2D eigenvalue weighted by molar-refractivity contribution is 9.10. The molecule has 16 heavy (non-hydrogen) atoms. The molecule has 1 aliphatic heterocycles. The summed E-state index contributed by atoms with van der Waals surface area (Å²) in [5, 5.41) is 0. The molecule has 0 spiro atoms. The lowest BCUT2D eigenvalue weighted by atomic mass is 10.2. The van der Waals surface area contributed by atoms with E-state index in [1.807, 2.05) is 18.2 Å². The maximum absolute atomic E-state index is 11.2. The van der Waals surface area contributed by atoms with Crippen LogP contribution >= 0.6 is 26.6 Å². The van der Waals surface area contributed by atoms with E-state index in [0.29, 0.717) is 12.4 Å². The Hall–Kier alpha value is -0.300. The van der Waals surface area contributed by atoms with Crippen molar-refractivity contribution >= 4 is 35.8 Å². The summed E-state index contributed by atoms with van der Waals surface area (Å²) in [5.74, 6) is 0.692. The van der Waals surface area contributed by atoms with Crippen LogP contribution in [0.4, 0.5) is 0 Å². The first kappa shape index (κ1) is 12.2. The molecule has 1 aliphatic rings. The third-order valence-electron chi connectivity index (χ3n) is 2.28. The van der Waals surface area contributed by atoms with Crippen LogP contribution in [0, 0.1) is 0 Å². The van der Waals surface area contributed by atoms with Gasteiger partial charge in [0.25, 0.3) is 9.24 Å². The predicted molar refractivity (Wildman–Crippen MR) is 64.8 cm³/mol. The smallest absolute Gasteiger partial charge is 0.300 e. The van der Waals surface area contributed by atoms with Gasteiger partial charge in [-0.1, -0.05) is 22.0 Å². The lowest BCUT2D eigenvalue weighted by Gasteiger charge is -2.14. The quantitative estimate of drug-likeness (QED) is 0.743. The van der Waals surface area contributed by atoms with Gasteiger partial charge in [0.1, 0.15) is 12.4 Å². The van der Waals surface area contributed by atoms with E-state index in [1.54, 1.807) is 0 Å². The molecule has 1 heterocycles. The molecule has 0 fully saturated rings. The number of hydrogen-bond donors (Lipinski definition) is 0. The van der Waals surface area contributed by atoms with Crippen LogP contribution in [0.5, 0.6) is 5.75 Å². The van der Waals surface area contributed by atoms with Crippen molar-refractivity contribution in [1.82, 2.24) is 4.31 Å².